The van der Waals surface area contributed by atoms with Crippen LogP contribution < -0.4 is 5.32 Å². The van der Waals surface area contributed by atoms with E-state index in [1.165, 1.54) is 5.56 Å². The molecule has 1 atom stereocenters. The fourth-order valence-electron chi connectivity index (χ4n) is 1.95. The van der Waals surface area contributed by atoms with E-state index in [1.54, 1.807) is 6.20 Å². The van der Waals surface area contributed by atoms with Gasteiger partial charge in [0.1, 0.15) is 5.82 Å². The van der Waals surface area contributed by atoms with Crippen molar-refractivity contribution in [2.75, 3.05) is 6.61 Å². The van der Waals surface area contributed by atoms with Gasteiger partial charge in [0.05, 0.1) is 12.3 Å². The van der Waals surface area contributed by atoms with E-state index < -0.39 is 0 Å². The number of benzene rings is 1. The Morgan fingerprint density at radius 1 is 1.21 bits per heavy atom. The molecule has 0 aliphatic heterocycles. The molecule has 2 aromatic rings. The molecular weight excluding hydrogens is 238 g/mol. The average molecular weight is 257 g/mol. The Morgan fingerprint density at radius 3 is 2.68 bits per heavy atom. The summed E-state index contributed by atoms with van der Waals surface area (Å²) in [6, 6.07) is 12.1. The highest BCUT2D eigenvalue weighted by atomic mass is 16.3. The Balaban J connectivity index is 1.89. The van der Waals surface area contributed by atoms with Gasteiger partial charge in [-0.15, -0.1) is 0 Å². The van der Waals surface area contributed by atoms with Crippen molar-refractivity contribution in [2.45, 2.75) is 25.9 Å². The molecule has 0 aliphatic carbocycles. The Bertz CT molecular complexity index is 502. The summed E-state index contributed by atoms with van der Waals surface area (Å²) in [5.41, 5.74) is 2.16. The minimum Gasteiger partial charge on any atom is -0.395 e. The van der Waals surface area contributed by atoms with Crippen LogP contribution in [0.1, 0.15) is 17.1 Å². The standard InChI is InChI=1S/C15H19N3O/c1-12-16-8-7-14(18-12)10-17-15(11-19)9-13-5-3-2-4-6-13/h2-8,15,17,19H,9-11H2,1H3/t15-/m1/s1. The number of rotatable bonds is 6. The van der Waals surface area contributed by atoms with Gasteiger partial charge in [-0.2, -0.15) is 0 Å². The predicted octanol–water partition coefficient (Wildman–Crippen LogP) is 1.48. The van der Waals surface area contributed by atoms with Gasteiger partial charge in [0.15, 0.2) is 0 Å². The minimum atomic E-state index is 0.0395. The normalized spacial score (nSPS) is 12.3. The number of nitrogens with zero attached hydrogens (tertiary/aromatic N) is 2. The van der Waals surface area contributed by atoms with Crippen molar-refractivity contribution in [2.24, 2.45) is 0 Å². The van der Waals surface area contributed by atoms with Crippen LogP contribution in [0.5, 0.6) is 0 Å². The maximum atomic E-state index is 9.42. The van der Waals surface area contributed by atoms with Crippen LogP contribution in [0.4, 0.5) is 0 Å². The third-order valence-corrected chi connectivity index (χ3v) is 2.95. The van der Waals surface area contributed by atoms with Crippen molar-refractivity contribution >= 4 is 0 Å². The Kier molecular flexibility index (Phi) is 5.01. The summed E-state index contributed by atoms with van der Waals surface area (Å²) in [5.74, 6) is 0.767. The molecule has 0 saturated carbocycles. The van der Waals surface area contributed by atoms with Crippen molar-refractivity contribution < 1.29 is 5.11 Å². The highest BCUT2D eigenvalue weighted by Crippen LogP contribution is 2.04. The molecule has 19 heavy (non-hydrogen) atoms. The number of aryl methyl sites for hydroxylation is 1. The Hall–Kier alpha value is -1.78. The molecule has 1 aromatic heterocycles. The third kappa shape index (κ3) is 4.43. The van der Waals surface area contributed by atoms with Crippen LogP contribution in [0.15, 0.2) is 42.6 Å². The highest BCUT2D eigenvalue weighted by molar-refractivity contribution is 5.16. The molecular formula is C15H19N3O. The topological polar surface area (TPSA) is 58.0 Å². The summed E-state index contributed by atoms with van der Waals surface area (Å²) in [5, 5.41) is 12.7. The van der Waals surface area contributed by atoms with Crippen LogP contribution in [0.25, 0.3) is 0 Å². The first-order chi connectivity index (χ1) is 9.28. The summed E-state index contributed by atoms with van der Waals surface area (Å²) >= 11 is 0. The molecule has 4 heteroatoms. The van der Waals surface area contributed by atoms with Gasteiger partial charge >= 0.3 is 0 Å². The third-order valence-electron chi connectivity index (χ3n) is 2.95. The first kappa shape index (κ1) is 13.6. The second-order valence-corrected chi connectivity index (χ2v) is 4.55. The molecule has 0 amide bonds. The zero-order valence-corrected chi connectivity index (χ0v) is 11.1. The number of aliphatic hydroxyl groups is 1. The quantitative estimate of drug-likeness (QED) is 0.823. The van der Waals surface area contributed by atoms with E-state index >= 15 is 0 Å². The maximum Gasteiger partial charge on any atom is 0.125 e. The molecule has 2 rings (SSSR count). The number of hydrogen-bond donors (Lipinski definition) is 2. The molecule has 2 N–H and O–H groups in total. The van der Waals surface area contributed by atoms with Crippen LogP contribution >= 0.6 is 0 Å². The number of aliphatic hydroxyl groups excluding tert-OH is 1. The lowest BCUT2D eigenvalue weighted by atomic mass is 10.1. The average Bonchev–Trinajstić information content (AvgIpc) is 2.44. The summed E-state index contributed by atoms with van der Waals surface area (Å²) in [4.78, 5) is 8.40. The van der Waals surface area contributed by atoms with Crippen molar-refractivity contribution in [1.82, 2.24) is 15.3 Å². The molecule has 1 heterocycles. The van der Waals surface area contributed by atoms with E-state index in [-0.39, 0.29) is 12.6 Å². The fourth-order valence-corrected chi connectivity index (χ4v) is 1.95. The molecule has 0 unspecified atom stereocenters. The van der Waals surface area contributed by atoms with Gasteiger partial charge in [-0.1, -0.05) is 30.3 Å². The van der Waals surface area contributed by atoms with E-state index in [0.29, 0.717) is 6.54 Å². The second-order valence-electron chi connectivity index (χ2n) is 4.55. The van der Waals surface area contributed by atoms with Crippen molar-refractivity contribution in [3.05, 3.63) is 59.7 Å². The lowest BCUT2D eigenvalue weighted by Gasteiger charge is -2.16. The first-order valence-corrected chi connectivity index (χ1v) is 6.44. The van der Waals surface area contributed by atoms with Crippen LogP contribution in [-0.4, -0.2) is 27.7 Å². The number of nitrogens with one attached hydrogen (secondary N) is 1. The maximum absolute atomic E-state index is 9.42. The molecule has 0 fully saturated rings. The van der Waals surface area contributed by atoms with Gasteiger partial charge in [-0.3, -0.25) is 0 Å². The summed E-state index contributed by atoms with van der Waals surface area (Å²) in [6.45, 7) is 2.62. The van der Waals surface area contributed by atoms with Gasteiger partial charge in [0.2, 0.25) is 0 Å². The largest absolute Gasteiger partial charge is 0.395 e. The van der Waals surface area contributed by atoms with Crippen LogP contribution in [-0.2, 0) is 13.0 Å². The molecule has 0 aliphatic rings. The molecule has 0 bridgehead atoms. The monoisotopic (exact) mass is 257 g/mol. The van der Waals surface area contributed by atoms with E-state index in [0.717, 1.165) is 17.9 Å². The van der Waals surface area contributed by atoms with Crippen molar-refractivity contribution in [3.8, 4) is 0 Å². The SMILES string of the molecule is Cc1nccc(CN[C@@H](CO)Cc2ccccc2)n1. The second kappa shape index (κ2) is 6.97. The Labute approximate surface area is 113 Å². The highest BCUT2D eigenvalue weighted by Gasteiger charge is 2.08. The number of hydrogen-bond acceptors (Lipinski definition) is 4. The summed E-state index contributed by atoms with van der Waals surface area (Å²) in [6.07, 6.45) is 2.56. The Morgan fingerprint density at radius 2 is 2.00 bits per heavy atom. The van der Waals surface area contributed by atoms with Gasteiger partial charge in [0.25, 0.3) is 0 Å². The van der Waals surface area contributed by atoms with Crippen LogP contribution in [0, 0.1) is 6.92 Å². The minimum absolute atomic E-state index is 0.0395. The molecule has 0 spiro atoms. The van der Waals surface area contributed by atoms with Gasteiger partial charge in [-0.05, 0) is 25.0 Å². The molecule has 0 saturated heterocycles. The van der Waals surface area contributed by atoms with Crippen molar-refractivity contribution in [3.63, 3.8) is 0 Å². The van der Waals surface area contributed by atoms with E-state index in [2.05, 4.69) is 27.4 Å². The summed E-state index contributed by atoms with van der Waals surface area (Å²) in [7, 11) is 0. The van der Waals surface area contributed by atoms with Gasteiger partial charge in [-0.25, -0.2) is 9.97 Å². The first-order valence-electron chi connectivity index (χ1n) is 6.44. The van der Waals surface area contributed by atoms with E-state index in [9.17, 15) is 5.11 Å². The van der Waals surface area contributed by atoms with E-state index in [1.807, 2.05) is 31.2 Å². The van der Waals surface area contributed by atoms with Gasteiger partial charge < -0.3 is 10.4 Å². The molecule has 0 radical (unpaired) electrons. The number of aromatic nitrogens is 2. The lowest BCUT2D eigenvalue weighted by Crippen LogP contribution is -2.34. The van der Waals surface area contributed by atoms with E-state index in [4.69, 9.17) is 0 Å². The summed E-state index contributed by atoms with van der Waals surface area (Å²) < 4.78 is 0. The predicted molar refractivity (Wildman–Crippen MR) is 74.6 cm³/mol. The molecule has 100 valence electrons. The zero-order valence-electron chi connectivity index (χ0n) is 11.1. The molecule has 4 nitrogen and oxygen atoms in total. The van der Waals surface area contributed by atoms with Gasteiger partial charge in [0, 0.05) is 18.8 Å². The zero-order chi connectivity index (χ0) is 13.5. The van der Waals surface area contributed by atoms with Crippen molar-refractivity contribution in [1.29, 1.82) is 0 Å². The lowest BCUT2D eigenvalue weighted by molar-refractivity contribution is 0.240. The smallest absolute Gasteiger partial charge is 0.125 e. The van der Waals surface area contributed by atoms with Crippen LogP contribution in [0.2, 0.25) is 0 Å². The molecule has 1 aromatic carbocycles. The fraction of sp³-hybridized carbons (Fsp3) is 0.333. The van der Waals surface area contributed by atoms with Crippen LogP contribution in [0.3, 0.4) is 0 Å².